The molecule has 0 bridgehead atoms. The minimum absolute atomic E-state index is 0.305. The Morgan fingerprint density at radius 3 is 2.62 bits per heavy atom. The van der Waals surface area contributed by atoms with Crippen LogP contribution in [-0.2, 0) is 9.53 Å². The van der Waals surface area contributed by atoms with Gasteiger partial charge < -0.3 is 4.74 Å². The number of hydrogen-bond acceptors (Lipinski definition) is 2. The normalized spacial score (nSPS) is 11.6. The molecule has 24 heavy (non-hydrogen) atoms. The van der Waals surface area contributed by atoms with Crippen LogP contribution in [0, 0.1) is 29.1 Å². The van der Waals surface area contributed by atoms with Crippen molar-refractivity contribution < 1.29 is 9.53 Å². The lowest BCUT2D eigenvalue weighted by Crippen LogP contribution is -2.25. The largest absolute Gasteiger partial charge is 0.444 e. The van der Waals surface area contributed by atoms with Gasteiger partial charge in [0.05, 0.1) is 5.41 Å². The molecule has 1 rings (SSSR count). The lowest BCUT2D eigenvalue weighted by Gasteiger charge is -2.21. The van der Waals surface area contributed by atoms with Crippen molar-refractivity contribution in [3.8, 4) is 23.7 Å². The molecule has 0 saturated heterocycles. The van der Waals surface area contributed by atoms with E-state index < -0.39 is 11.5 Å². The quantitative estimate of drug-likeness (QED) is 0.407. The molecular weight excluding hydrogens is 320 g/mol. The Hall–Kier alpha value is -1.90. The van der Waals surface area contributed by atoms with E-state index in [0.717, 1.165) is 30.4 Å². The van der Waals surface area contributed by atoms with E-state index in [-0.39, 0.29) is 5.97 Å². The maximum atomic E-state index is 12.3. The highest BCUT2D eigenvalue weighted by Crippen LogP contribution is 2.27. The third kappa shape index (κ3) is 6.31. The molecule has 2 nitrogen and oxygen atoms in total. The molecule has 0 heterocycles. The molecular formula is C21H25ClO2. The predicted octanol–water partition coefficient (Wildman–Crippen LogP) is 5.54. The number of halogens is 1. The van der Waals surface area contributed by atoms with Gasteiger partial charge in [-0.1, -0.05) is 42.7 Å². The summed E-state index contributed by atoms with van der Waals surface area (Å²) in [6.07, 6.45) is 2.34. The summed E-state index contributed by atoms with van der Waals surface area (Å²) in [5.41, 5.74) is 0.933. The van der Waals surface area contributed by atoms with Crippen molar-refractivity contribution in [1.82, 2.24) is 0 Å². The Morgan fingerprint density at radius 1 is 1.33 bits per heavy atom. The van der Waals surface area contributed by atoms with Gasteiger partial charge in [0.2, 0.25) is 0 Å². The van der Waals surface area contributed by atoms with E-state index in [1.165, 1.54) is 0 Å². The third-order valence-corrected chi connectivity index (χ3v) is 3.52. The molecule has 0 spiro atoms. The monoisotopic (exact) mass is 344 g/mol. The lowest BCUT2D eigenvalue weighted by molar-refractivity contribution is -0.156. The van der Waals surface area contributed by atoms with E-state index >= 15 is 0 Å². The molecule has 1 atom stereocenters. The van der Waals surface area contributed by atoms with Crippen molar-refractivity contribution in [1.29, 1.82) is 0 Å². The zero-order chi connectivity index (χ0) is 18.2. The Balaban J connectivity index is 3.20. The first kappa shape index (κ1) is 20.1. The average molecular weight is 345 g/mol. The molecule has 1 aromatic carbocycles. The first-order valence-corrected chi connectivity index (χ1v) is 8.59. The van der Waals surface area contributed by atoms with E-state index in [1.54, 1.807) is 19.1 Å². The van der Waals surface area contributed by atoms with Crippen LogP contribution in [0.15, 0.2) is 18.2 Å². The summed E-state index contributed by atoms with van der Waals surface area (Å²) in [6.45, 7) is 9.29. The van der Waals surface area contributed by atoms with Crippen molar-refractivity contribution in [2.75, 3.05) is 0 Å². The molecule has 0 fully saturated rings. The van der Waals surface area contributed by atoms with Gasteiger partial charge in [-0.2, -0.15) is 0 Å². The van der Waals surface area contributed by atoms with Crippen LogP contribution in [0.1, 0.15) is 71.1 Å². The second-order valence-electron chi connectivity index (χ2n) is 6.57. The van der Waals surface area contributed by atoms with Crippen molar-refractivity contribution in [3.05, 3.63) is 34.3 Å². The third-order valence-electron chi connectivity index (χ3n) is 3.29. The summed E-state index contributed by atoms with van der Waals surface area (Å²) in [4.78, 5) is 12.3. The van der Waals surface area contributed by atoms with Crippen molar-refractivity contribution >= 4 is 17.6 Å². The number of carbonyl (C=O) groups is 1. The number of benzene rings is 1. The number of rotatable bonds is 4. The standard InChI is InChI=1S/C21H25ClO2/c1-6-8-9-10-12-16-13-14-17(22)15-18(16)19(11-7-2)24-20(23)21(3,4)5/h13-15,19H,6,8-9H2,1-5H3. The highest BCUT2D eigenvalue weighted by atomic mass is 35.5. The van der Waals surface area contributed by atoms with Crippen LogP contribution in [0.4, 0.5) is 0 Å². The Kier molecular flexibility index (Phi) is 7.90. The fourth-order valence-electron chi connectivity index (χ4n) is 1.87. The smallest absolute Gasteiger partial charge is 0.312 e. The highest BCUT2D eigenvalue weighted by Gasteiger charge is 2.27. The summed E-state index contributed by atoms with van der Waals surface area (Å²) in [6, 6.07) is 5.42. The van der Waals surface area contributed by atoms with Gasteiger partial charge in [-0.3, -0.25) is 4.79 Å². The molecule has 0 aliphatic rings. The van der Waals surface area contributed by atoms with Crippen LogP contribution in [0.5, 0.6) is 0 Å². The van der Waals surface area contributed by atoms with Gasteiger partial charge in [-0.15, -0.1) is 5.92 Å². The molecule has 0 aromatic heterocycles. The molecule has 0 amide bonds. The SMILES string of the molecule is CC#CC(OC(=O)C(C)(C)C)c1cc(Cl)ccc1C#CCCCC. The van der Waals surface area contributed by atoms with Crippen molar-refractivity contribution in [2.45, 2.75) is 60.0 Å². The van der Waals surface area contributed by atoms with Gasteiger partial charge in [0.25, 0.3) is 0 Å². The molecule has 1 aromatic rings. The van der Waals surface area contributed by atoms with Crippen LogP contribution >= 0.6 is 11.6 Å². The second kappa shape index (κ2) is 9.41. The van der Waals surface area contributed by atoms with E-state index in [9.17, 15) is 4.79 Å². The van der Waals surface area contributed by atoms with Crippen LogP contribution < -0.4 is 0 Å². The zero-order valence-electron chi connectivity index (χ0n) is 15.1. The van der Waals surface area contributed by atoms with Gasteiger partial charge in [-0.25, -0.2) is 0 Å². The number of hydrogen-bond donors (Lipinski definition) is 0. The number of esters is 1. The van der Waals surface area contributed by atoms with Gasteiger partial charge in [0.15, 0.2) is 6.10 Å². The van der Waals surface area contributed by atoms with E-state index in [2.05, 4.69) is 30.6 Å². The van der Waals surface area contributed by atoms with E-state index in [4.69, 9.17) is 16.3 Å². The average Bonchev–Trinajstić information content (AvgIpc) is 2.51. The Morgan fingerprint density at radius 2 is 2.04 bits per heavy atom. The van der Waals surface area contributed by atoms with Crippen LogP contribution in [0.3, 0.4) is 0 Å². The summed E-state index contributed by atoms with van der Waals surface area (Å²) in [7, 11) is 0. The van der Waals surface area contributed by atoms with Crippen molar-refractivity contribution in [3.63, 3.8) is 0 Å². The molecule has 128 valence electrons. The van der Waals surface area contributed by atoms with E-state index in [1.807, 2.05) is 26.8 Å². The van der Waals surface area contributed by atoms with Crippen LogP contribution in [0.25, 0.3) is 0 Å². The van der Waals surface area contributed by atoms with Crippen LogP contribution in [-0.4, -0.2) is 5.97 Å². The van der Waals surface area contributed by atoms with Gasteiger partial charge in [0, 0.05) is 22.6 Å². The molecule has 0 N–H and O–H groups in total. The van der Waals surface area contributed by atoms with Gasteiger partial charge in [0.1, 0.15) is 0 Å². The predicted molar refractivity (Wildman–Crippen MR) is 99.6 cm³/mol. The van der Waals surface area contributed by atoms with Crippen LogP contribution in [0.2, 0.25) is 5.02 Å². The lowest BCUT2D eigenvalue weighted by atomic mass is 9.96. The molecule has 3 heteroatoms. The summed E-state index contributed by atoms with van der Waals surface area (Å²) in [5, 5.41) is 0.568. The van der Waals surface area contributed by atoms with Gasteiger partial charge >= 0.3 is 5.97 Å². The molecule has 0 aliphatic carbocycles. The second-order valence-corrected chi connectivity index (χ2v) is 7.00. The fourth-order valence-corrected chi connectivity index (χ4v) is 2.05. The molecule has 0 aliphatic heterocycles. The van der Waals surface area contributed by atoms with Crippen molar-refractivity contribution in [2.24, 2.45) is 5.41 Å². The first-order chi connectivity index (χ1) is 11.3. The fraction of sp³-hybridized carbons (Fsp3) is 0.476. The minimum atomic E-state index is -0.670. The topological polar surface area (TPSA) is 26.3 Å². The summed E-state index contributed by atoms with van der Waals surface area (Å²) in [5.74, 6) is 11.8. The summed E-state index contributed by atoms with van der Waals surface area (Å²) < 4.78 is 5.63. The zero-order valence-corrected chi connectivity index (χ0v) is 15.9. The van der Waals surface area contributed by atoms with Gasteiger partial charge in [-0.05, 0) is 52.3 Å². The summed E-state index contributed by atoms with van der Waals surface area (Å²) >= 11 is 6.13. The highest BCUT2D eigenvalue weighted by molar-refractivity contribution is 6.30. The molecule has 0 saturated carbocycles. The number of ether oxygens (including phenoxy) is 1. The molecule has 1 unspecified atom stereocenters. The maximum absolute atomic E-state index is 12.3. The number of unbranched alkanes of at least 4 members (excludes halogenated alkanes) is 2. The maximum Gasteiger partial charge on any atom is 0.312 e. The first-order valence-electron chi connectivity index (χ1n) is 8.21. The Labute approximate surface area is 150 Å². The Bertz CT molecular complexity index is 691. The number of carbonyl (C=O) groups excluding carboxylic acids is 1. The minimum Gasteiger partial charge on any atom is -0.444 e. The molecule has 0 radical (unpaired) electrons. The van der Waals surface area contributed by atoms with E-state index in [0.29, 0.717) is 5.02 Å².